The Morgan fingerprint density at radius 1 is 1.35 bits per heavy atom. The van der Waals surface area contributed by atoms with Crippen LogP contribution < -0.4 is 10.6 Å². The topological polar surface area (TPSA) is 83.0 Å². The maximum atomic E-state index is 11.3. The number of sulfone groups is 1. The van der Waals surface area contributed by atoms with E-state index in [-0.39, 0.29) is 35.8 Å². The Kier molecular flexibility index (Phi) is 13.9. The number of guanidine groups is 1. The average Bonchev–Trinajstić information content (AvgIpc) is 2.56. The lowest BCUT2D eigenvalue weighted by Crippen LogP contribution is -2.43. The number of rotatable bonds is 10. The van der Waals surface area contributed by atoms with Gasteiger partial charge in [0.15, 0.2) is 5.96 Å². The van der Waals surface area contributed by atoms with Crippen LogP contribution in [0.1, 0.15) is 33.1 Å². The molecular formula is C17H37IN4O3S. The Morgan fingerprint density at radius 2 is 2.00 bits per heavy atom. The van der Waals surface area contributed by atoms with Crippen molar-refractivity contribution in [3.8, 4) is 0 Å². The van der Waals surface area contributed by atoms with Crippen LogP contribution in [0.5, 0.6) is 0 Å². The second kappa shape index (κ2) is 14.0. The van der Waals surface area contributed by atoms with Gasteiger partial charge in [-0.15, -0.1) is 24.0 Å². The largest absolute Gasteiger partial charge is 0.383 e. The smallest absolute Gasteiger partial charge is 0.191 e. The molecule has 0 amide bonds. The number of aliphatic imine (C=N–C) groups is 1. The predicted molar refractivity (Wildman–Crippen MR) is 119 cm³/mol. The van der Waals surface area contributed by atoms with Crippen LogP contribution in [0, 0.1) is 5.92 Å². The molecule has 0 aromatic rings. The molecule has 0 radical (unpaired) electrons. The minimum absolute atomic E-state index is 0. The molecule has 1 fully saturated rings. The molecule has 1 aliphatic heterocycles. The first-order chi connectivity index (χ1) is 11.8. The number of nitrogens with one attached hydrogen (secondary N) is 2. The van der Waals surface area contributed by atoms with Gasteiger partial charge in [0.25, 0.3) is 0 Å². The van der Waals surface area contributed by atoms with E-state index < -0.39 is 9.84 Å². The number of nitrogens with zero attached hydrogens (tertiary/aromatic N) is 2. The molecule has 1 aliphatic rings. The monoisotopic (exact) mass is 504 g/mol. The Labute approximate surface area is 176 Å². The lowest BCUT2D eigenvalue weighted by Gasteiger charge is -2.31. The van der Waals surface area contributed by atoms with Gasteiger partial charge in [0.05, 0.1) is 12.4 Å². The zero-order valence-corrected chi connectivity index (χ0v) is 19.8. The van der Waals surface area contributed by atoms with Crippen LogP contribution in [0.3, 0.4) is 0 Å². The van der Waals surface area contributed by atoms with E-state index in [4.69, 9.17) is 9.73 Å². The zero-order chi connectivity index (χ0) is 18.7. The summed E-state index contributed by atoms with van der Waals surface area (Å²) in [6, 6.07) is 0.0726. The van der Waals surface area contributed by atoms with Crippen molar-refractivity contribution in [2.75, 3.05) is 58.4 Å². The second-order valence-corrected chi connectivity index (χ2v) is 9.22. The summed E-state index contributed by atoms with van der Waals surface area (Å²) in [5, 5.41) is 6.56. The van der Waals surface area contributed by atoms with Gasteiger partial charge < -0.3 is 20.3 Å². The quantitative estimate of drug-likeness (QED) is 0.266. The molecular weight excluding hydrogens is 467 g/mol. The predicted octanol–water partition coefficient (Wildman–Crippen LogP) is 1.34. The molecule has 1 rings (SSSR count). The molecule has 2 N–H and O–H groups in total. The summed E-state index contributed by atoms with van der Waals surface area (Å²) in [6.07, 6.45) is 4.19. The minimum Gasteiger partial charge on any atom is -0.383 e. The van der Waals surface area contributed by atoms with Crippen molar-refractivity contribution in [2.24, 2.45) is 10.9 Å². The third kappa shape index (κ3) is 12.3. The number of hydrogen-bond donors (Lipinski definition) is 2. The molecule has 0 aliphatic carbocycles. The van der Waals surface area contributed by atoms with E-state index in [0.717, 1.165) is 58.1 Å². The Hall–Kier alpha value is -0.130. The Balaban J connectivity index is 0.00000625. The van der Waals surface area contributed by atoms with Crippen molar-refractivity contribution < 1.29 is 13.2 Å². The van der Waals surface area contributed by atoms with Crippen LogP contribution in [0.25, 0.3) is 0 Å². The molecule has 1 saturated heterocycles. The number of methoxy groups -OCH3 is 1. The second-order valence-electron chi connectivity index (χ2n) is 6.96. The summed E-state index contributed by atoms with van der Waals surface area (Å²) in [6.45, 7) is 9.65. The van der Waals surface area contributed by atoms with E-state index in [2.05, 4.69) is 15.5 Å². The van der Waals surface area contributed by atoms with Gasteiger partial charge in [0.1, 0.15) is 9.84 Å². The molecule has 9 heteroatoms. The molecule has 26 heavy (non-hydrogen) atoms. The van der Waals surface area contributed by atoms with E-state index in [1.165, 1.54) is 6.26 Å². The molecule has 0 saturated carbocycles. The van der Waals surface area contributed by atoms with Gasteiger partial charge in [0.2, 0.25) is 0 Å². The summed E-state index contributed by atoms with van der Waals surface area (Å²) in [4.78, 5) is 7.16. The molecule has 1 heterocycles. The third-order valence-corrected chi connectivity index (χ3v) is 5.45. The molecule has 1 unspecified atom stereocenters. The van der Waals surface area contributed by atoms with Gasteiger partial charge in [-0.2, -0.15) is 0 Å². The first kappa shape index (κ1) is 25.9. The number of likely N-dealkylation sites (tertiary alicyclic amines) is 1. The SMILES string of the molecule is CCNC(=NCC1CCN(CCOC)CC1)NC(C)CCS(C)(=O)=O.I. The van der Waals surface area contributed by atoms with E-state index in [9.17, 15) is 8.42 Å². The van der Waals surface area contributed by atoms with Crippen LogP contribution in [0.15, 0.2) is 4.99 Å². The summed E-state index contributed by atoms with van der Waals surface area (Å²) in [5.74, 6) is 1.59. The lowest BCUT2D eigenvalue weighted by atomic mass is 9.97. The van der Waals surface area contributed by atoms with Crippen molar-refractivity contribution in [1.29, 1.82) is 0 Å². The van der Waals surface area contributed by atoms with E-state index in [1.54, 1.807) is 7.11 Å². The summed E-state index contributed by atoms with van der Waals surface area (Å²) < 4.78 is 27.7. The highest BCUT2D eigenvalue weighted by Gasteiger charge is 2.19. The normalized spacial score (nSPS) is 18.2. The van der Waals surface area contributed by atoms with Crippen LogP contribution in [-0.2, 0) is 14.6 Å². The van der Waals surface area contributed by atoms with E-state index >= 15 is 0 Å². The van der Waals surface area contributed by atoms with Crippen molar-refractivity contribution in [3.63, 3.8) is 0 Å². The highest BCUT2D eigenvalue weighted by Crippen LogP contribution is 2.17. The summed E-state index contributed by atoms with van der Waals surface area (Å²) >= 11 is 0. The Bertz CT molecular complexity index is 494. The third-order valence-electron chi connectivity index (χ3n) is 4.48. The first-order valence-electron chi connectivity index (χ1n) is 9.28. The molecule has 1 atom stereocenters. The van der Waals surface area contributed by atoms with Crippen molar-refractivity contribution >= 4 is 39.8 Å². The number of ether oxygens (including phenoxy) is 1. The van der Waals surface area contributed by atoms with Crippen LogP contribution in [-0.4, -0.2) is 83.8 Å². The Morgan fingerprint density at radius 3 is 2.54 bits per heavy atom. The highest BCUT2D eigenvalue weighted by atomic mass is 127. The number of hydrogen-bond acceptors (Lipinski definition) is 5. The zero-order valence-electron chi connectivity index (χ0n) is 16.7. The average molecular weight is 504 g/mol. The molecule has 0 aromatic carbocycles. The molecule has 156 valence electrons. The number of piperidine rings is 1. The van der Waals surface area contributed by atoms with Crippen molar-refractivity contribution in [1.82, 2.24) is 15.5 Å². The molecule has 0 bridgehead atoms. The van der Waals surface area contributed by atoms with Crippen LogP contribution in [0.4, 0.5) is 0 Å². The van der Waals surface area contributed by atoms with Crippen LogP contribution in [0.2, 0.25) is 0 Å². The fourth-order valence-corrected chi connectivity index (χ4v) is 3.63. The first-order valence-corrected chi connectivity index (χ1v) is 11.3. The van der Waals surface area contributed by atoms with Gasteiger partial charge in [-0.1, -0.05) is 0 Å². The number of halogens is 1. The summed E-state index contributed by atoms with van der Waals surface area (Å²) in [5.41, 5.74) is 0. The molecule has 7 nitrogen and oxygen atoms in total. The molecule has 0 spiro atoms. The van der Waals surface area contributed by atoms with E-state index in [0.29, 0.717) is 12.3 Å². The van der Waals surface area contributed by atoms with Crippen molar-refractivity contribution in [2.45, 2.75) is 39.2 Å². The fraction of sp³-hybridized carbons (Fsp3) is 0.941. The van der Waals surface area contributed by atoms with Gasteiger partial charge in [-0.3, -0.25) is 4.99 Å². The van der Waals surface area contributed by atoms with Gasteiger partial charge in [-0.25, -0.2) is 8.42 Å². The van der Waals surface area contributed by atoms with Crippen molar-refractivity contribution in [3.05, 3.63) is 0 Å². The summed E-state index contributed by atoms with van der Waals surface area (Å²) in [7, 11) is -1.18. The fourth-order valence-electron chi connectivity index (χ4n) is 2.85. The molecule has 0 aromatic heterocycles. The lowest BCUT2D eigenvalue weighted by molar-refractivity contribution is 0.121. The van der Waals surface area contributed by atoms with Crippen LogP contribution >= 0.6 is 24.0 Å². The van der Waals surface area contributed by atoms with Gasteiger partial charge in [0, 0.05) is 39.0 Å². The standard InChI is InChI=1S/C17H36N4O3S.HI/c1-5-18-17(20-15(2)8-13-25(4,22)23)19-14-16-6-9-21(10-7-16)11-12-24-3;/h15-16H,5-14H2,1-4H3,(H2,18,19,20);1H. The minimum atomic E-state index is -2.92. The van der Waals surface area contributed by atoms with E-state index in [1.807, 2.05) is 13.8 Å². The highest BCUT2D eigenvalue weighted by molar-refractivity contribution is 14.0. The van der Waals surface area contributed by atoms with Gasteiger partial charge in [-0.05, 0) is 52.1 Å². The maximum Gasteiger partial charge on any atom is 0.191 e. The maximum absolute atomic E-state index is 11.3. The van der Waals surface area contributed by atoms with Gasteiger partial charge >= 0.3 is 0 Å².